The number of hydrogen-bond acceptors (Lipinski definition) is 5. The molecule has 6 nitrogen and oxygen atoms in total. The van der Waals surface area contributed by atoms with Crippen LogP contribution in [0, 0.1) is 0 Å². The van der Waals surface area contributed by atoms with Gasteiger partial charge in [0.05, 0.1) is 4.90 Å². The van der Waals surface area contributed by atoms with Crippen LogP contribution >= 0.6 is 0 Å². The number of benzene rings is 2. The maximum Gasteiger partial charge on any atom is 0.240 e. The summed E-state index contributed by atoms with van der Waals surface area (Å²) in [4.78, 5) is 2.21. The highest BCUT2D eigenvalue weighted by Gasteiger charge is 2.21. The molecule has 1 N–H and O–H groups in total. The minimum absolute atomic E-state index is 0.0457. The highest BCUT2D eigenvalue weighted by molar-refractivity contribution is 7.89. The second-order valence-electron chi connectivity index (χ2n) is 6.46. The van der Waals surface area contributed by atoms with Crippen LogP contribution in [-0.2, 0) is 16.4 Å². The van der Waals surface area contributed by atoms with Crippen molar-refractivity contribution in [3.63, 3.8) is 0 Å². The van der Waals surface area contributed by atoms with Gasteiger partial charge in [-0.1, -0.05) is 30.3 Å². The third-order valence-corrected chi connectivity index (χ3v) is 5.80. The van der Waals surface area contributed by atoms with Gasteiger partial charge >= 0.3 is 0 Å². The maximum absolute atomic E-state index is 12.7. The number of ether oxygens (including phenoxy) is 2. The Balaban J connectivity index is 1.70. The van der Waals surface area contributed by atoms with Crippen molar-refractivity contribution in [3.8, 4) is 11.5 Å². The van der Waals surface area contributed by atoms with Gasteiger partial charge in [0.2, 0.25) is 10.0 Å². The van der Waals surface area contributed by atoms with Crippen molar-refractivity contribution in [1.82, 2.24) is 9.62 Å². The van der Waals surface area contributed by atoms with E-state index < -0.39 is 10.0 Å². The monoisotopic (exact) mass is 376 g/mol. The molecule has 2 aromatic carbocycles. The molecule has 26 heavy (non-hydrogen) atoms. The van der Waals surface area contributed by atoms with Crippen LogP contribution in [-0.4, -0.2) is 53.2 Å². The Morgan fingerprint density at radius 2 is 1.73 bits per heavy atom. The van der Waals surface area contributed by atoms with Gasteiger partial charge in [-0.3, -0.25) is 0 Å². The van der Waals surface area contributed by atoms with Crippen molar-refractivity contribution >= 4 is 10.0 Å². The maximum atomic E-state index is 12.7. The SMILES string of the molecule is CN(C)C(CNS(=O)(=O)c1ccc2c(c1)OCCO2)Cc1ccccc1. The molecule has 1 heterocycles. The number of likely N-dealkylation sites (N-methyl/N-ethyl adjacent to an activating group) is 1. The molecule has 1 unspecified atom stereocenters. The van der Waals surface area contributed by atoms with E-state index in [4.69, 9.17) is 9.47 Å². The molecule has 1 aliphatic rings. The zero-order valence-corrected chi connectivity index (χ0v) is 15.8. The van der Waals surface area contributed by atoms with Crippen molar-refractivity contribution < 1.29 is 17.9 Å². The second kappa shape index (κ2) is 8.07. The Hall–Kier alpha value is -2.09. The van der Waals surface area contributed by atoms with Gasteiger partial charge in [0.1, 0.15) is 13.2 Å². The van der Waals surface area contributed by atoms with Gasteiger partial charge in [-0.2, -0.15) is 0 Å². The van der Waals surface area contributed by atoms with E-state index in [0.29, 0.717) is 31.3 Å². The molecule has 140 valence electrons. The van der Waals surface area contributed by atoms with Gasteiger partial charge in [-0.25, -0.2) is 13.1 Å². The molecule has 0 fully saturated rings. The van der Waals surface area contributed by atoms with Crippen molar-refractivity contribution in [1.29, 1.82) is 0 Å². The summed E-state index contributed by atoms with van der Waals surface area (Å²) < 4.78 is 39.0. The van der Waals surface area contributed by atoms with Crippen LogP contribution in [0.5, 0.6) is 11.5 Å². The molecule has 1 aliphatic heterocycles. The number of nitrogens with one attached hydrogen (secondary N) is 1. The van der Waals surface area contributed by atoms with Gasteiger partial charge < -0.3 is 14.4 Å². The standard InChI is InChI=1S/C19H24N2O4S/c1-21(2)16(12-15-6-4-3-5-7-15)14-20-26(22,23)17-8-9-18-19(13-17)25-11-10-24-18/h3-9,13,16,20H,10-12,14H2,1-2H3. The molecule has 0 saturated heterocycles. The topological polar surface area (TPSA) is 67.9 Å². The fourth-order valence-electron chi connectivity index (χ4n) is 2.80. The molecule has 2 aromatic rings. The van der Waals surface area contributed by atoms with Crippen LogP contribution in [0.3, 0.4) is 0 Å². The zero-order chi connectivity index (χ0) is 18.6. The van der Waals surface area contributed by atoms with Crippen molar-refractivity contribution in [2.24, 2.45) is 0 Å². The lowest BCUT2D eigenvalue weighted by molar-refractivity contribution is 0.171. The van der Waals surface area contributed by atoms with Crippen LogP contribution in [0.4, 0.5) is 0 Å². The van der Waals surface area contributed by atoms with Gasteiger partial charge in [0.25, 0.3) is 0 Å². The Morgan fingerprint density at radius 1 is 1.04 bits per heavy atom. The van der Waals surface area contributed by atoms with E-state index in [1.807, 2.05) is 49.3 Å². The zero-order valence-electron chi connectivity index (χ0n) is 15.0. The van der Waals surface area contributed by atoms with Gasteiger partial charge in [0, 0.05) is 18.7 Å². The molecule has 0 aromatic heterocycles. The van der Waals surface area contributed by atoms with Crippen LogP contribution in [0.25, 0.3) is 0 Å². The number of nitrogens with zero attached hydrogens (tertiary/aromatic N) is 1. The molecule has 3 rings (SSSR count). The first-order chi connectivity index (χ1) is 12.5. The summed E-state index contributed by atoms with van der Waals surface area (Å²) in [5, 5.41) is 0. The van der Waals surface area contributed by atoms with Crippen LogP contribution in [0.2, 0.25) is 0 Å². The molecule has 0 radical (unpaired) electrons. The molecule has 0 bridgehead atoms. The first-order valence-electron chi connectivity index (χ1n) is 8.55. The lowest BCUT2D eigenvalue weighted by Gasteiger charge is -2.25. The number of hydrogen-bond donors (Lipinski definition) is 1. The minimum Gasteiger partial charge on any atom is -0.486 e. The molecular weight excluding hydrogens is 352 g/mol. The lowest BCUT2D eigenvalue weighted by atomic mass is 10.1. The quantitative estimate of drug-likeness (QED) is 0.800. The van der Waals surface area contributed by atoms with E-state index >= 15 is 0 Å². The fraction of sp³-hybridized carbons (Fsp3) is 0.368. The minimum atomic E-state index is -3.63. The molecule has 0 amide bonds. The molecule has 0 spiro atoms. The molecule has 0 aliphatic carbocycles. The summed E-state index contributed by atoms with van der Waals surface area (Å²) in [5.74, 6) is 1.04. The summed E-state index contributed by atoms with van der Waals surface area (Å²) >= 11 is 0. The number of rotatable bonds is 7. The smallest absolute Gasteiger partial charge is 0.240 e. The Morgan fingerprint density at radius 3 is 2.42 bits per heavy atom. The summed E-state index contributed by atoms with van der Waals surface area (Å²) in [5.41, 5.74) is 1.17. The molecule has 7 heteroatoms. The average Bonchev–Trinajstić information content (AvgIpc) is 2.65. The normalized spacial score (nSPS) is 15.0. The average molecular weight is 376 g/mol. The molecule has 0 saturated carbocycles. The summed E-state index contributed by atoms with van der Waals surface area (Å²) in [6.07, 6.45) is 0.761. The van der Waals surface area contributed by atoms with Crippen molar-refractivity contribution in [3.05, 3.63) is 54.1 Å². The lowest BCUT2D eigenvalue weighted by Crippen LogP contribution is -2.41. The Kier molecular flexibility index (Phi) is 5.80. The van der Waals surface area contributed by atoms with Gasteiger partial charge in [-0.05, 0) is 38.2 Å². The second-order valence-corrected chi connectivity index (χ2v) is 8.23. The predicted molar refractivity (Wildman–Crippen MR) is 100 cm³/mol. The van der Waals surface area contributed by atoms with Crippen molar-refractivity contribution in [2.75, 3.05) is 33.9 Å². The number of sulfonamides is 1. The third kappa shape index (κ3) is 4.55. The Labute approximate surface area is 154 Å². The van der Waals surface area contributed by atoms with Crippen LogP contribution < -0.4 is 14.2 Å². The van der Waals surface area contributed by atoms with E-state index in [-0.39, 0.29) is 10.9 Å². The van der Waals surface area contributed by atoms with E-state index in [1.54, 1.807) is 6.07 Å². The van der Waals surface area contributed by atoms with E-state index in [2.05, 4.69) is 4.72 Å². The van der Waals surface area contributed by atoms with E-state index in [1.165, 1.54) is 17.7 Å². The predicted octanol–water partition coefficient (Wildman–Crippen LogP) is 1.91. The van der Waals surface area contributed by atoms with E-state index in [9.17, 15) is 8.42 Å². The fourth-order valence-corrected chi connectivity index (χ4v) is 3.89. The first kappa shape index (κ1) is 18.7. The highest BCUT2D eigenvalue weighted by Crippen LogP contribution is 2.32. The summed E-state index contributed by atoms with van der Waals surface area (Å²) in [6.45, 7) is 1.21. The molecule has 1 atom stereocenters. The van der Waals surface area contributed by atoms with Crippen LogP contribution in [0.15, 0.2) is 53.4 Å². The van der Waals surface area contributed by atoms with Gasteiger partial charge in [-0.15, -0.1) is 0 Å². The Bertz CT molecular complexity index is 838. The number of fused-ring (bicyclic) bond motifs is 1. The highest BCUT2D eigenvalue weighted by atomic mass is 32.2. The molecular formula is C19H24N2O4S. The largest absolute Gasteiger partial charge is 0.486 e. The van der Waals surface area contributed by atoms with Gasteiger partial charge in [0.15, 0.2) is 11.5 Å². The van der Waals surface area contributed by atoms with Crippen LogP contribution in [0.1, 0.15) is 5.56 Å². The van der Waals surface area contributed by atoms with Crippen molar-refractivity contribution in [2.45, 2.75) is 17.4 Å². The summed E-state index contributed by atoms with van der Waals surface area (Å²) in [6, 6.07) is 14.8. The van der Waals surface area contributed by atoms with E-state index in [0.717, 1.165) is 6.42 Å². The summed E-state index contributed by atoms with van der Waals surface area (Å²) in [7, 11) is 0.274. The third-order valence-electron chi connectivity index (χ3n) is 4.38. The first-order valence-corrected chi connectivity index (χ1v) is 10.0.